The van der Waals surface area contributed by atoms with Gasteiger partial charge in [0.05, 0.1) is 24.1 Å². The lowest BCUT2D eigenvalue weighted by atomic mass is 10.1. The van der Waals surface area contributed by atoms with E-state index in [1.165, 1.54) is 11.2 Å². The van der Waals surface area contributed by atoms with Gasteiger partial charge in [0.2, 0.25) is 5.91 Å². The molecule has 4 heterocycles. The third kappa shape index (κ3) is 2.24. The monoisotopic (exact) mass is 300 g/mol. The molecule has 2 saturated heterocycles. The van der Waals surface area contributed by atoms with Crippen molar-refractivity contribution in [2.24, 2.45) is 0 Å². The zero-order valence-electron chi connectivity index (χ0n) is 11.6. The van der Waals surface area contributed by atoms with E-state index in [1.54, 1.807) is 23.7 Å². The fourth-order valence-corrected chi connectivity index (χ4v) is 4.21. The molecule has 0 radical (unpaired) electrons. The van der Waals surface area contributed by atoms with Crippen molar-refractivity contribution in [3.05, 3.63) is 41.1 Å². The standard InChI is InChI=1S/C15H16N4OS/c20-15-6-14-13(19(15)11-7-16-10-17-8-11)3-4-18(14)9-12-2-1-5-21-12/h1-2,5,7-8,10,13-14H,3-4,6,9H2/t13-,14+/m1/s1. The molecule has 0 unspecified atom stereocenters. The Kier molecular flexibility index (Phi) is 3.20. The van der Waals surface area contributed by atoms with Crippen LogP contribution in [0.2, 0.25) is 0 Å². The van der Waals surface area contributed by atoms with Gasteiger partial charge in [0.1, 0.15) is 6.33 Å². The van der Waals surface area contributed by atoms with Crippen molar-refractivity contribution in [1.82, 2.24) is 14.9 Å². The average molecular weight is 300 g/mol. The summed E-state index contributed by atoms with van der Waals surface area (Å²) in [7, 11) is 0. The molecule has 0 bridgehead atoms. The first-order valence-corrected chi connectivity index (χ1v) is 8.04. The van der Waals surface area contributed by atoms with Crippen LogP contribution in [0.5, 0.6) is 0 Å². The molecule has 0 aromatic carbocycles. The van der Waals surface area contributed by atoms with E-state index in [-0.39, 0.29) is 11.9 Å². The Bertz CT molecular complexity index is 630. The largest absolute Gasteiger partial charge is 0.305 e. The number of aromatic nitrogens is 2. The van der Waals surface area contributed by atoms with Crippen molar-refractivity contribution in [3.63, 3.8) is 0 Å². The number of anilines is 1. The third-order valence-corrected chi connectivity index (χ3v) is 5.23. The number of rotatable bonds is 3. The van der Waals surface area contributed by atoms with Crippen LogP contribution < -0.4 is 4.90 Å². The summed E-state index contributed by atoms with van der Waals surface area (Å²) >= 11 is 1.78. The van der Waals surface area contributed by atoms with Gasteiger partial charge in [-0.15, -0.1) is 11.3 Å². The van der Waals surface area contributed by atoms with Crippen molar-refractivity contribution in [1.29, 1.82) is 0 Å². The minimum absolute atomic E-state index is 0.190. The van der Waals surface area contributed by atoms with Crippen LogP contribution >= 0.6 is 11.3 Å². The quantitative estimate of drug-likeness (QED) is 0.869. The molecule has 0 N–H and O–H groups in total. The number of amides is 1. The fraction of sp³-hybridized carbons (Fsp3) is 0.400. The van der Waals surface area contributed by atoms with Crippen LogP contribution in [0.15, 0.2) is 36.2 Å². The first-order valence-electron chi connectivity index (χ1n) is 7.16. The fourth-order valence-electron chi connectivity index (χ4n) is 3.48. The van der Waals surface area contributed by atoms with E-state index >= 15 is 0 Å². The minimum Gasteiger partial charge on any atom is -0.305 e. The molecule has 2 fully saturated rings. The zero-order chi connectivity index (χ0) is 14.2. The van der Waals surface area contributed by atoms with Crippen molar-refractivity contribution in [2.45, 2.75) is 31.5 Å². The number of hydrogen-bond donors (Lipinski definition) is 0. The first kappa shape index (κ1) is 12.9. The summed E-state index contributed by atoms with van der Waals surface area (Å²) in [6.07, 6.45) is 6.59. The van der Waals surface area contributed by atoms with Gasteiger partial charge in [-0.3, -0.25) is 9.69 Å². The van der Waals surface area contributed by atoms with Gasteiger partial charge in [-0.2, -0.15) is 0 Å². The number of fused-ring (bicyclic) bond motifs is 1. The Morgan fingerprint density at radius 1 is 1.29 bits per heavy atom. The van der Waals surface area contributed by atoms with Crippen LogP contribution in [0.1, 0.15) is 17.7 Å². The summed E-state index contributed by atoms with van der Waals surface area (Å²) in [5.41, 5.74) is 0.827. The maximum atomic E-state index is 12.4. The topological polar surface area (TPSA) is 49.3 Å². The molecule has 0 spiro atoms. The molecule has 4 rings (SSSR count). The summed E-state index contributed by atoms with van der Waals surface area (Å²) in [6, 6.07) is 4.83. The second-order valence-electron chi connectivity index (χ2n) is 5.54. The van der Waals surface area contributed by atoms with Crippen LogP contribution in [0.4, 0.5) is 5.69 Å². The third-order valence-electron chi connectivity index (χ3n) is 4.37. The highest BCUT2D eigenvalue weighted by molar-refractivity contribution is 7.09. The second kappa shape index (κ2) is 5.20. The molecule has 21 heavy (non-hydrogen) atoms. The molecule has 1 amide bonds. The Hall–Kier alpha value is -1.79. The van der Waals surface area contributed by atoms with Gasteiger partial charge in [0.15, 0.2) is 0 Å². The SMILES string of the molecule is O=C1C[C@H]2[C@@H](CCN2Cc2cccs2)N1c1cncnc1. The molecule has 2 aromatic heterocycles. The zero-order valence-corrected chi connectivity index (χ0v) is 12.4. The number of carbonyl (C=O) groups is 1. The van der Waals surface area contributed by atoms with Gasteiger partial charge in [-0.1, -0.05) is 6.07 Å². The van der Waals surface area contributed by atoms with Crippen molar-refractivity contribution in [3.8, 4) is 0 Å². The lowest BCUT2D eigenvalue weighted by molar-refractivity contribution is -0.117. The smallest absolute Gasteiger partial charge is 0.229 e. The van der Waals surface area contributed by atoms with E-state index in [9.17, 15) is 4.79 Å². The average Bonchev–Trinajstić information content (AvgIpc) is 3.19. The molecular formula is C15H16N4OS. The van der Waals surface area contributed by atoms with Crippen molar-refractivity contribution >= 4 is 22.9 Å². The predicted octanol–water partition coefficient (Wildman–Crippen LogP) is 1.92. The molecule has 0 aliphatic carbocycles. The van der Waals surface area contributed by atoms with Gasteiger partial charge >= 0.3 is 0 Å². The molecule has 2 aromatic rings. The lowest BCUT2D eigenvalue weighted by Crippen LogP contribution is -2.37. The molecule has 2 atom stereocenters. The number of thiophene rings is 1. The molecular weight excluding hydrogens is 284 g/mol. The maximum Gasteiger partial charge on any atom is 0.229 e. The van der Waals surface area contributed by atoms with Gasteiger partial charge in [0, 0.05) is 30.4 Å². The van der Waals surface area contributed by atoms with Crippen LogP contribution in [0.3, 0.4) is 0 Å². The summed E-state index contributed by atoms with van der Waals surface area (Å²) in [4.78, 5) is 26.2. The highest BCUT2D eigenvalue weighted by Gasteiger charge is 2.47. The molecule has 2 aliphatic rings. The molecule has 2 aliphatic heterocycles. The molecule has 6 heteroatoms. The molecule has 0 saturated carbocycles. The Morgan fingerprint density at radius 3 is 2.90 bits per heavy atom. The minimum atomic E-state index is 0.190. The Labute approximate surface area is 127 Å². The van der Waals surface area contributed by atoms with Gasteiger partial charge in [0.25, 0.3) is 0 Å². The molecule has 108 valence electrons. The Morgan fingerprint density at radius 2 is 2.14 bits per heavy atom. The number of nitrogens with zero attached hydrogens (tertiary/aromatic N) is 4. The highest BCUT2D eigenvalue weighted by Crippen LogP contribution is 2.36. The molecule has 5 nitrogen and oxygen atoms in total. The van der Waals surface area contributed by atoms with E-state index < -0.39 is 0 Å². The van der Waals surface area contributed by atoms with Gasteiger partial charge in [-0.25, -0.2) is 9.97 Å². The predicted molar refractivity (Wildman–Crippen MR) is 81.1 cm³/mol. The maximum absolute atomic E-state index is 12.4. The second-order valence-corrected chi connectivity index (χ2v) is 6.57. The van der Waals surface area contributed by atoms with Crippen LogP contribution in [0.25, 0.3) is 0 Å². The normalized spacial score (nSPS) is 25.5. The highest BCUT2D eigenvalue weighted by atomic mass is 32.1. The van der Waals surface area contributed by atoms with Crippen LogP contribution in [0, 0.1) is 0 Å². The summed E-state index contributed by atoms with van der Waals surface area (Å²) in [5.74, 6) is 0.190. The van der Waals surface area contributed by atoms with Crippen molar-refractivity contribution < 1.29 is 4.79 Å². The Balaban J connectivity index is 1.55. The number of likely N-dealkylation sites (tertiary alicyclic amines) is 1. The van der Waals surface area contributed by atoms with E-state index in [0.29, 0.717) is 12.5 Å². The van der Waals surface area contributed by atoms with Crippen molar-refractivity contribution in [2.75, 3.05) is 11.4 Å². The summed E-state index contributed by atoms with van der Waals surface area (Å²) < 4.78 is 0. The van der Waals surface area contributed by atoms with Crippen LogP contribution in [-0.2, 0) is 11.3 Å². The lowest BCUT2D eigenvalue weighted by Gasteiger charge is -2.24. The van der Waals surface area contributed by atoms with E-state index in [1.807, 2.05) is 4.90 Å². The van der Waals surface area contributed by atoms with Crippen LogP contribution in [-0.4, -0.2) is 39.4 Å². The van der Waals surface area contributed by atoms with E-state index in [0.717, 1.165) is 25.2 Å². The van der Waals surface area contributed by atoms with E-state index in [4.69, 9.17) is 0 Å². The number of carbonyl (C=O) groups excluding carboxylic acids is 1. The summed E-state index contributed by atoms with van der Waals surface area (Å²) in [5, 5.41) is 2.11. The summed E-state index contributed by atoms with van der Waals surface area (Å²) in [6.45, 7) is 2.00. The van der Waals surface area contributed by atoms with E-state index in [2.05, 4.69) is 32.4 Å². The van der Waals surface area contributed by atoms with Gasteiger partial charge < -0.3 is 4.90 Å². The first-order chi connectivity index (χ1) is 10.3. The van der Waals surface area contributed by atoms with Gasteiger partial charge in [-0.05, 0) is 17.9 Å². The number of hydrogen-bond acceptors (Lipinski definition) is 5.